The number of aryl methyl sites for hydroxylation is 1. The van der Waals surface area contributed by atoms with Crippen LogP contribution in [0.5, 0.6) is 11.5 Å². The van der Waals surface area contributed by atoms with Crippen LogP contribution >= 0.6 is 43.5 Å². The molecule has 21 heavy (non-hydrogen) atoms. The molecule has 0 N–H and O–H groups in total. The highest BCUT2D eigenvalue weighted by atomic mass is 79.9. The Bertz CT molecular complexity index is 659. The van der Waals surface area contributed by atoms with Crippen molar-refractivity contribution < 1.29 is 9.47 Å². The van der Waals surface area contributed by atoms with Crippen LogP contribution in [0.4, 0.5) is 0 Å². The van der Waals surface area contributed by atoms with Crippen molar-refractivity contribution in [2.24, 2.45) is 0 Å². The molecule has 0 heterocycles. The van der Waals surface area contributed by atoms with Crippen LogP contribution in [0.1, 0.15) is 21.5 Å². The maximum atomic E-state index is 6.32. The lowest BCUT2D eigenvalue weighted by Gasteiger charge is -2.18. The van der Waals surface area contributed by atoms with Crippen LogP contribution in [0, 0.1) is 6.92 Å². The Morgan fingerprint density at radius 1 is 1.10 bits per heavy atom. The van der Waals surface area contributed by atoms with Gasteiger partial charge in [-0.05, 0) is 30.2 Å². The summed E-state index contributed by atoms with van der Waals surface area (Å²) in [5.74, 6) is 1.22. The van der Waals surface area contributed by atoms with Gasteiger partial charge in [-0.25, -0.2) is 0 Å². The van der Waals surface area contributed by atoms with E-state index in [2.05, 4.69) is 57.0 Å². The molecule has 0 bridgehead atoms. The van der Waals surface area contributed by atoms with Crippen molar-refractivity contribution in [3.05, 3.63) is 56.5 Å². The molecule has 2 rings (SSSR count). The fraction of sp³-hybridized carbons (Fsp3) is 0.250. The van der Waals surface area contributed by atoms with Crippen molar-refractivity contribution in [1.29, 1.82) is 0 Å². The fourth-order valence-electron chi connectivity index (χ4n) is 2.06. The lowest BCUT2D eigenvalue weighted by atomic mass is 10.0. The van der Waals surface area contributed by atoms with Gasteiger partial charge in [0.1, 0.15) is 16.5 Å². The van der Waals surface area contributed by atoms with Gasteiger partial charge in [-0.15, -0.1) is 0 Å². The molecule has 0 radical (unpaired) electrons. The van der Waals surface area contributed by atoms with E-state index in [-0.39, 0.29) is 4.83 Å². The van der Waals surface area contributed by atoms with Gasteiger partial charge in [-0.2, -0.15) is 0 Å². The molecule has 2 aromatic rings. The van der Waals surface area contributed by atoms with Crippen LogP contribution in [0.15, 0.2) is 34.8 Å². The molecule has 0 aliphatic carbocycles. The molecule has 0 saturated carbocycles. The summed E-state index contributed by atoms with van der Waals surface area (Å²) >= 11 is 13.6. The number of hydrogen-bond donors (Lipinski definition) is 0. The van der Waals surface area contributed by atoms with Gasteiger partial charge in [0.25, 0.3) is 0 Å². The maximum absolute atomic E-state index is 6.32. The monoisotopic (exact) mass is 432 g/mol. The third-order valence-corrected chi connectivity index (χ3v) is 5.51. The van der Waals surface area contributed by atoms with Gasteiger partial charge in [-0.3, -0.25) is 0 Å². The number of hydrogen-bond acceptors (Lipinski definition) is 2. The van der Waals surface area contributed by atoms with E-state index in [0.29, 0.717) is 16.5 Å². The van der Waals surface area contributed by atoms with Crippen LogP contribution in [0.2, 0.25) is 5.02 Å². The minimum atomic E-state index is -0.0206. The van der Waals surface area contributed by atoms with Crippen LogP contribution in [-0.4, -0.2) is 14.2 Å². The SMILES string of the molecule is COc1ccc(C(Br)c2ccc(C)c(Br)c2)c(OC)c1Cl. The first-order valence-corrected chi connectivity index (χ1v) is 8.38. The number of alkyl halides is 1. The summed E-state index contributed by atoms with van der Waals surface area (Å²) < 4.78 is 11.8. The first-order chi connectivity index (χ1) is 9.99. The molecular weight excluding hydrogens is 419 g/mol. The Kier molecular flexibility index (Phi) is 5.58. The van der Waals surface area contributed by atoms with Gasteiger partial charge < -0.3 is 9.47 Å². The van der Waals surface area contributed by atoms with Gasteiger partial charge in [0.2, 0.25) is 0 Å². The lowest BCUT2D eigenvalue weighted by molar-refractivity contribution is 0.392. The molecular formula is C16H15Br2ClO2. The molecule has 0 spiro atoms. The number of methoxy groups -OCH3 is 2. The largest absolute Gasteiger partial charge is 0.495 e. The Hall–Kier alpha value is -0.710. The summed E-state index contributed by atoms with van der Waals surface area (Å²) in [5, 5.41) is 0.480. The predicted octanol–water partition coefficient (Wildman–Crippen LogP) is 5.91. The van der Waals surface area contributed by atoms with Crippen LogP contribution < -0.4 is 9.47 Å². The second kappa shape index (κ2) is 7.03. The van der Waals surface area contributed by atoms with Gasteiger partial charge in [0.05, 0.1) is 19.0 Å². The summed E-state index contributed by atoms with van der Waals surface area (Å²) in [6, 6.07) is 10.0. The molecule has 1 atom stereocenters. The van der Waals surface area contributed by atoms with Crippen LogP contribution in [0.25, 0.3) is 0 Å². The fourth-order valence-corrected chi connectivity index (χ4v) is 3.43. The Morgan fingerprint density at radius 3 is 2.38 bits per heavy atom. The molecule has 0 aliphatic rings. The summed E-state index contributed by atoms with van der Waals surface area (Å²) in [6.07, 6.45) is 0. The topological polar surface area (TPSA) is 18.5 Å². The molecule has 0 saturated heterocycles. The zero-order valence-corrected chi connectivity index (χ0v) is 15.8. The number of rotatable bonds is 4. The third-order valence-electron chi connectivity index (χ3n) is 3.28. The van der Waals surface area contributed by atoms with Gasteiger partial charge in [0.15, 0.2) is 0 Å². The van der Waals surface area contributed by atoms with E-state index in [1.807, 2.05) is 12.1 Å². The third kappa shape index (κ3) is 3.38. The summed E-state index contributed by atoms with van der Waals surface area (Å²) in [5.41, 5.74) is 3.27. The highest BCUT2D eigenvalue weighted by Crippen LogP contribution is 2.44. The first-order valence-electron chi connectivity index (χ1n) is 6.30. The van der Waals surface area contributed by atoms with Gasteiger partial charge in [-0.1, -0.05) is 61.7 Å². The molecule has 1 unspecified atom stereocenters. The van der Waals surface area contributed by atoms with E-state index < -0.39 is 0 Å². The minimum Gasteiger partial charge on any atom is -0.495 e. The predicted molar refractivity (Wildman–Crippen MR) is 94.2 cm³/mol. The average molecular weight is 435 g/mol. The van der Waals surface area contributed by atoms with E-state index in [1.54, 1.807) is 14.2 Å². The summed E-state index contributed by atoms with van der Waals surface area (Å²) in [4.78, 5) is -0.0206. The molecule has 2 nitrogen and oxygen atoms in total. The average Bonchev–Trinajstić information content (AvgIpc) is 2.49. The molecule has 5 heteroatoms. The molecule has 2 aromatic carbocycles. The van der Waals surface area contributed by atoms with Crippen molar-refractivity contribution in [1.82, 2.24) is 0 Å². The summed E-state index contributed by atoms with van der Waals surface area (Å²) in [7, 11) is 3.19. The Morgan fingerprint density at radius 2 is 1.81 bits per heavy atom. The second-order valence-corrected chi connectivity index (χ2v) is 6.72. The van der Waals surface area contributed by atoms with E-state index in [4.69, 9.17) is 21.1 Å². The van der Waals surface area contributed by atoms with Crippen LogP contribution in [0.3, 0.4) is 0 Å². The first kappa shape index (κ1) is 16.7. The zero-order valence-electron chi connectivity index (χ0n) is 11.9. The maximum Gasteiger partial charge on any atom is 0.145 e. The van der Waals surface area contributed by atoms with Gasteiger partial charge >= 0.3 is 0 Å². The molecule has 112 valence electrons. The summed E-state index contributed by atoms with van der Waals surface area (Å²) in [6.45, 7) is 2.06. The van der Waals surface area contributed by atoms with Crippen molar-refractivity contribution in [2.45, 2.75) is 11.8 Å². The minimum absolute atomic E-state index is 0.0206. The smallest absolute Gasteiger partial charge is 0.145 e. The zero-order chi connectivity index (χ0) is 15.6. The van der Waals surface area contributed by atoms with E-state index in [9.17, 15) is 0 Å². The Labute approximate surface area is 146 Å². The standard InChI is InChI=1S/C16H15Br2ClO2/c1-9-4-5-10(8-12(9)17)14(18)11-6-7-13(20-2)15(19)16(11)21-3/h4-8,14H,1-3H3. The van der Waals surface area contributed by atoms with Crippen molar-refractivity contribution >= 4 is 43.5 Å². The van der Waals surface area contributed by atoms with E-state index >= 15 is 0 Å². The highest BCUT2D eigenvalue weighted by molar-refractivity contribution is 9.10. The van der Waals surface area contributed by atoms with Gasteiger partial charge in [0, 0.05) is 10.0 Å². The second-order valence-electron chi connectivity index (χ2n) is 4.58. The van der Waals surface area contributed by atoms with Crippen molar-refractivity contribution in [3.63, 3.8) is 0 Å². The quantitative estimate of drug-likeness (QED) is 0.557. The van der Waals surface area contributed by atoms with E-state index in [0.717, 1.165) is 15.6 Å². The molecule has 0 aliphatic heterocycles. The van der Waals surface area contributed by atoms with E-state index in [1.165, 1.54) is 5.56 Å². The van der Waals surface area contributed by atoms with Crippen molar-refractivity contribution in [3.8, 4) is 11.5 Å². The molecule has 0 amide bonds. The van der Waals surface area contributed by atoms with Crippen molar-refractivity contribution in [2.75, 3.05) is 14.2 Å². The van der Waals surface area contributed by atoms with Crippen LogP contribution in [-0.2, 0) is 0 Å². The molecule has 0 fully saturated rings. The number of halogens is 3. The number of benzene rings is 2. The Balaban J connectivity index is 2.50. The molecule has 0 aromatic heterocycles. The normalized spacial score (nSPS) is 12.1. The number of ether oxygens (including phenoxy) is 2. The lowest BCUT2D eigenvalue weighted by Crippen LogP contribution is -1.99. The highest BCUT2D eigenvalue weighted by Gasteiger charge is 2.20.